The molecule has 4 rings (SSSR count). The van der Waals surface area contributed by atoms with Gasteiger partial charge in [-0.2, -0.15) is 0 Å². The van der Waals surface area contributed by atoms with E-state index in [2.05, 4.69) is 20.9 Å². The van der Waals surface area contributed by atoms with Crippen LogP contribution in [0.5, 0.6) is 5.88 Å². The lowest BCUT2D eigenvalue weighted by molar-refractivity contribution is -0.179. The minimum atomic E-state index is -2.87. The first kappa shape index (κ1) is 26.5. The third kappa shape index (κ3) is 7.49. The van der Waals surface area contributed by atoms with Gasteiger partial charge in [-0.25, -0.2) is 18.6 Å². The van der Waals surface area contributed by atoms with Gasteiger partial charge in [-0.15, -0.1) is 0 Å². The predicted octanol–water partition coefficient (Wildman–Crippen LogP) is 5.60. The van der Waals surface area contributed by atoms with Crippen LogP contribution in [0.3, 0.4) is 0 Å². The summed E-state index contributed by atoms with van der Waals surface area (Å²) in [7, 11) is 0. The molecule has 2 heterocycles. The average molecular weight is 561 g/mol. The fourth-order valence-electron chi connectivity index (χ4n) is 4.75. The Balaban J connectivity index is 1.02. The Kier molecular flexibility index (Phi) is 7.93. The summed E-state index contributed by atoms with van der Waals surface area (Å²) in [6.07, 6.45) is 4.26. The molecule has 10 heteroatoms. The van der Waals surface area contributed by atoms with Crippen LogP contribution in [-0.2, 0) is 14.2 Å². The number of likely N-dealkylation sites (tertiary alicyclic amines) is 1. The van der Waals surface area contributed by atoms with Crippen molar-refractivity contribution in [1.82, 2.24) is 9.88 Å². The zero-order valence-electron chi connectivity index (χ0n) is 20.6. The van der Waals surface area contributed by atoms with Gasteiger partial charge in [-0.1, -0.05) is 0 Å². The van der Waals surface area contributed by atoms with Crippen molar-refractivity contribution in [2.75, 3.05) is 26.3 Å². The smallest absolute Gasteiger partial charge is 0.410 e. The van der Waals surface area contributed by atoms with Crippen LogP contribution in [0.2, 0.25) is 0 Å². The van der Waals surface area contributed by atoms with E-state index in [1.165, 1.54) is 0 Å². The molecule has 196 valence electrons. The normalized spacial score (nSPS) is 23.9. The first-order valence-corrected chi connectivity index (χ1v) is 13.1. The Morgan fingerprint density at radius 2 is 1.86 bits per heavy atom. The minimum Gasteiger partial charge on any atom is -0.474 e. The average Bonchev–Trinajstić information content (AvgIpc) is 2.66. The maximum atomic E-state index is 14.2. The molecular formula is C25H35BrF2N2O5. The SMILES string of the molecule is CC(C)(C)OC(=O)N1CC2(CC(OCC(F)(F)CCCO[C@H]3C[C@H](Oc4ccc(Br)cn4)C3)C2)C1. The number of hydrogen-bond donors (Lipinski definition) is 0. The Bertz CT molecular complexity index is 860. The highest BCUT2D eigenvalue weighted by molar-refractivity contribution is 9.10. The first-order chi connectivity index (χ1) is 16.4. The molecule has 7 nitrogen and oxygen atoms in total. The standard InChI is InChI=1S/C25H35BrF2N2O5/c1-23(2,3)35-22(31)30-14-24(15-30)11-20(12-24)33-16-25(27,28)7-4-8-32-18-9-19(10-18)34-21-6-5-17(26)13-29-21/h5-6,13,18-20H,4,7-12,14-16H2,1-3H3/t18-,19-. The second-order valence-electron chi connectivity index (χ2n) is 11.2. The summed E-state index contributed by atoms with van der Waals surface area (Å²) in [5.41, 5.74) is -0.503. The highest BCUT2D eigenvalue weighted by atomic mass is 79.9. The summed E-state index contributed by atoms with van der Waals surface area (Å²) in [6, 6.07) is 3.67. The summed E-state index contributed by atoms with van der Waals surface area (Å²) >= 11 is 3.33. The highest BCUT2D eigenvalue weighted by Gasteiger charge is 2.55. The largest absolute Gasteiger partial charge is 0.474 e. The summed E-state index contributed by atoms with van der Waals surface area (Å²) < 4.78 is 51.7. The van der Waals surface area contributed by atoms with Gasteiger partial charge in [0.1, 0.15) is 18.3 Å². The summed E-state index contributed by atoms with van der Waals surface area (Å²) in [4.78, 5) is 17.9. The molecule has 0 atom stereocenters. The lowest BCUT2D eigenvalue weighted by Gasteiger charge is -2.58. The van der Waals surface area contributed by atoms with Gasteiger partial charge in [0.25, 0.3) is 5.92 Å². The Morgan fingerprint density at radius 1 is 1.14 bits per heavy atom. The van der Waals surface area contributed by atoms with E-state index in [4.69, 9.17) is 18.9 Å². The number of aromatic nitrogens is 1. The molecule has 1 amide bonds. The van der Waals surface area contributed by atoms with E-state index in [0.29, 0.717) is 38.4 Å². The molecule has 1 aromatic heterocycles. The zero-order chi connectivity index (χ0) is 25.3. The number of pyridine rings is 1. The second kappa shape index (κ2) is 10.5. The molecule has 1 spiro atoms. The minimum absolute atomic E-state index is 0.0163. The topological polar surface area (TPSA) is 70.1 Å². The number of alkyl halides is 2. The molecule has 0 aromatic carbocycles. The number of ether oxygens (including phenoxy) is 4. The zero-order valence-corrected chi connectivity index (χ0v) is 22.2. The second-order valence-corrected chi connectivity index (χ2v) is 12.1. The molecule has 2 saturated carbocycles. The number of rotatable bonds is 10. The van der Waals surface area contributed by atoms with Crippen LogP contribution in [-0.4, -0.2) is 72.1 Å². The predicted molar refractivity (Wildman–Crippen MR) is 129 cm³/mol. The van der Waals surface area contributed by atoms with Gasteiger partial charge in [0.05, 0.1) is 12.2 Å². The lowest BCUT2D eigenvalue weighted by atomic mass is 9.62. The fourth-order valence-corrected chi connectivity index (χ4v) is 4.98. The van der Waals surface area contributed by atoms with Crippen molar-refractivity contribution < 1.29 is 32.5 Å². The Hall–Kier alpha value is -1.52. The quantitative estimate of drug-likeness (QED) is 0.347. The van der Waals surface area contributed by atoms with E-state index in [1.54, 1.807) is 17.2 Å². The van der Waals surface area contributed by atoms with Crippen LogP contribution in [0, 0.1) is 5.41 Å². The van der Waals surface area contributed by atoms with Crippen LogP contribution >= 0.6 is 15.9 Å². The monoisotopic (exact) mass is 560 g/mol. The summed E-state index contributed by atoms with van der Waals surface area (Å²) in [5, 5.41) is 0. The van der Waals surface area contributed by atoms with Gasteiger partial charge in [0.2, 0.25) is 5.88 Å². The summed E-state index contributed by atoms with van der Waals surface area (Å²) in [6.45, 7) is 6.47. The van der Waals surface area contributed by atoms with Gasteiger partial charge in [-0.05, 0) is 62.0 Å². The van der Waals surface area contributed by atoms with Gasteiger partial charge >= 0.3 is 6.09 Å². The van der Waals surface area contributed by atoms with Gasteiger partial charge in [0.15, 0.2) is 0 Å². The molecule has 1 aromatic rings. The maximum Gasteiger partial charge on any atom is 0.410 e. The van der Waals surface area contributed by atoms with Crippen LogP contribution < -0.4 is 4.74 Å². The summed E-state index contributed by atoms with van der Waals surface area (Å²) in [5.74, 6) is -2.29. The molecule has 0 bridgehead atoms. The lowest BCUT2D eigenvalue weighted by Crippen LogP contribution is -2.66. The Morgan fingerprint density at radius 3 is 2.49 bits per heavy atom. The molecule has 3 fully saturated rings. The molecule has 1 saturated heterocycles. The number of carbonyl (C=O) groups is 1. The molecule has 2 aliphatic carbocycles. The van der Waals surface area contributed by atoms with Crippen molar-refractivity contribution in [2.24, 2.45) is 5.41 Å². The van der Waals surface area contributed by atoms with Crippen molar-refractivity contribution in [3.05, 3.63) is 22.8 Å². The van der Waals surface area contributed by atoms with E-state index >= 15 is 0 Å². The molecule has 35 heavy (non-hydrogen) atoms. The molecule has 0 N–H and O–H groups in total. The molecule has 0 unspecified atom stereocenters. The maximum absolute atomic E-state index is 14.2. The van der Waals surface area contributed by atoms with Crippen LogP contribution in [0.25, 0.3) is 0 Å². The van der Waals surface area contributed by atoms with E-state index in [9.17, 15) is 13.6 Å². The van der Waals surface area contributed by atoms with E-state index < -0.39 is 18.1 Å². The first-order valence-electron chi connectivity index (χ1n) is 12.3. The van der Waals surface area contributed by atoms with Gasteiger partial charge in [-0.3, -0.25) is 0 Å². The third-order valence-corrected chi connectivity index (χ3v) is 7.10. The van der Waals surface area contributed by atoms with Gasteiger partial charge < -0.3 is 23.8 Å². The number of hydrogen-bond acceptors (Lipinski definition) is 6. The van der Waals surface area contributed by atoms with Crippen molar-refractivity contribution >= 4 is 22.0 Å². The van der Waals surface area contributed by atoms with Crippen LogP contribution in [0.4, 0.5) is 13.6 Å². The number of carbonyl (C=O) groups excluding carboxylic acids is 1. The molecule has 3 aliphatic rings. The number of amides is 1. The number of halogens is 3. The molecule has 0 radical (unpaired) electrons. The fraction of sp³-hybridized carbons (Fsp3) is 0.760. The van der Waals surface area contributed by atoms with Crippen molar-refractivity contribution in [3.8, 4) is 5.88 Å². The van der Waals surface area contributed by atoms with E-state index in [1.807, 2.05) is 26.8 Å². The molecule has 1 aliphatic heterocycles. The van der Waals surface area contributed by atoms with E-state index in [0.717, 1.165) is 17.3 Å². The van der Waals surface area contributed by atoms with Crippen molar-refractivity contribution in [1.29, 1.82) is 0 Å². The van der Waals surface area contributed by atoms with Crippen LogP contribution in [0.15, 0.2) is 22.8 Å². The number of nitrogens with zero attached hydrogens (tertiary/aromatic N) is 2. The highest BCUT2D eigenvalue weighted by Crippen LogP contribution is 2.50. The van der Waals surface area contributed by atoms with Gasteiger partial charge in [0, 0.05) is 61.1 Å². The van der Waals surface area contributed by atoms with Crippen molar-refractivity contribution in [3.63, 3.8) is 0 Å². The van der Waals surface area contributed by atoms with Crippen LogP contribution in [0.1, 0.15) is 59.3 Å². The van der Waals surface area contributed by atoms with Crippen molar-refractivity contribution in [2.45, 2.75) is 89.1 Å². The third-order valence-electron chi connectivity index (χ3n) is 6.64. The molecular weight excluding hydrogens is 526 g/mol. The Labute approximate surface area is 214 Å². The van der Waals surface area contributed by atoms with E-state index in [-0.39, 0.29) is 42.7 Å².